The maximum absolute atomic E-state index is 13.3. The monoisotopic (exact) mass is 366 g/mol. The molecule has 0 spiro atoms. The van der Waals surface area contributed by atoms with Crippen LogP contribution in [0.3, 0.4) is 0 Å². The molecule has 130 valence electrons. The van der Waals surface area contributed by atoms with Gasteiger partial charge in [-0.15, -0.1) is 0 Å². The first-order valence-corrected chi connectivity index (χ1v) is 8.06. The Morgan fingerprint density at radius 3 is 1.91 bits per heavy atom. The van der Waals surface area contributed by atoms with E-state index >= 15 is 0 Å². The van der Waals surface area contributed by atoms with Crippen molar-refractivity contribution >= 4 is 6.98 Å². The SMILES string of the molecule is CC(C)(C1CCC(F)(F)CC1)N1CCN(C[B-](F)(F)F)CC1.[K+]. The number of halogens is 5. The molecule has 0 atom stereocenters. The molecule has 0 aromatic carbocycles. The van der Waals surface area contributed by atoms with Gasteiger partial charge in [0, 0.05) is 44.6 Å². The van der Waals surface area contributed by atoms with Crippen LogP contribution in [0.4, 0.5) is 21.7 Å². The Bertz CT molecular complexity index is 374. The van der Waals surface area contributed by atoms with E-state index in [0.29, 0.717) is 39.0 Å². The van der Waals surface area contributed by atoms with Crippen molar-refractivity contribution in [3.63, 3.8) is 0 Å². The third-order valence-corrected chi connectivity index (χ3v) is 5.37. The van der Waals surface area contributed by atoms with Crippen molar-refractivity contribution in [2.24, 2.45) is 5.92 Å². The molecule has 1 aliphatic heterocycles. The van der Waals surface area contributed by atoms with Gasteiger partial charge in [-0.1, -0.05) is 0 Å². The number of piperazine rings is 1. The predicted octanol–water partition coefficient (Wildman–Crippen LogP) is 0.599. The molecular weight excluding hydrogens is 341 g/mol. The maximum Gasteiger partial charge on any atom is 1.00 e. The van der Waals surface area contributed by atoms with Crippen molar-refractivity contribution in [2.75, 3.05) is 32.6 Å². The molecule has 0 bridgehead atoms. The Labute approximate surface area is 178 Å². The second kappa shape index (κ2) is 8.31. The van der Waals surface area contributed by atoms with Crippen LogP contribution in [-0.4, -0.2) is 60.9 Å². The minimum Gasteiger partial charge on any atom is -0.448 e. The van der Waals surface area contributed by atoms with Crippen LogP contribution in [0.25, 0.3) is 0 Å². The molecular formula is C14H25BF5KN2. The molecule has 0 aromatic heterocycles. The van der Waals surface area contributed by atoms with Crippen LogP contribution >= 0.6 is 0 Å². The average Bonchev–Trinajstić information content (AvgIpc) is 2.37. The zero-order chi connectivity index (χ0) is 16.6. The van der Waals surface area contributed by atoms with E-state index < -0.39 is 19.3 Å². The second-order valence-electron chi connectivity index (χ2n) is 7.28. The van der Waals surface area contributed by atoms with Gasteiger partial charge in [0.2, 0.25) is 5.92 Å². The summed E-state index contributed by atoms with van der Waals surface area (Å²) in [6.45, 7) is 1.26. The minimum absolute atomic E-state index is 0. The summed E-state index contributed by atoms with van der Waals surface area (Å²) in [6.07, 6.45) is 0.0387. The second-order valence-corrected chi connectivity index (χ2v) is 7.28. The van der Waals surface area contributed by atoms with Crippen molar-refractivity contribution in [1.82, 2.24) is 9.80 Å². The average molecular weight is 366 g/mol. The van der Waals surface area contributed by atoms with Gasteiger partial charge in [0.25, 0.3) is 0 Å². The van der Waals surface area contributed by atoms with Crippen LogP contribution in [-0.2, 0) is 0 Å². The largest absolute Gasteiger partial charge is 1.00 e. The van der Waals surface area contributed by atoms with Gasteiger partial charge in [0.1, 0.15) is 0 Å². The summed E-state index contributed by atoms with van der Waals surface area (Å²) in [5, 5.41) is 0. The van der Waals surface area contributed by atoms with Crippen LogP contribution in [0.15, 0.2) is 0 Å². The molecule has 2 fully saturated rings. The van der Waals surface area contributed by atoms with Gasteiger partial charge in [0.15, 0.2) is 0 Å². The van der Waals surface area contributed by atoms with Crippen molar-refractivity contribution in [1.29, 1.82) is 0 Å². The van der Waals surface area contributed by atoms with Gasteiger partial charge in [-0.3, -0.25) is 4.90 Å². The summed E-state index contributed by atoms with van der Waals surface area (Å²) >= 11 is 0. The molecule has 0 amide bonds. The Kier molecular flexibility index (Phi) is 8.06. The summed E-state index contributed by atoms with van der Waals surface area (Å²) in [5.41, 5.74) is -0.230. The van der Waals surface area contributed by atoms with E-state index in [4.69, 9.17) is 0 Å². The molecule has 0 unspecified atom stereocenters. The quantitative estimate of drug-likeness (QED) is 0.531. The number of hydrogen-bond acceptors (Lipinski definition) is 2. The third-order valence-electron chi connectivity index (χ3n) is 5.37. The fraction of sp³-hybridized carbons (Fsp3) is 1.00. The van der Waals surface area contributed by atoms with Gasteiger partial charge < -0.3 is 17.8 Å². The van der Waals surface area contributed by atoms with Crippen molar-refractivity contribution in [3.8, 4) is 0 Å². The van der Waals surface area contributed by atoms with Gasteiger partial charge in [0.05, 0.1) is 0 Å². The molecule has 2 nitrogen and oxygen atoms in total. The molecule has 1 saturated carbocycles. The molecule has 1 heterocycles. The summed E-state index contributed by atoms with van der Waals surface area (Å²) in [7, 11) is 0. The smallest absolute Gasteiger partial charge is 0.448 e. The normalized spacial score (nSPS) is 25.2. The Morgan fingerprint density at radius 1 is 1.00 bits per heavy atom. The minimum atomic E-state index is -4.78. The Hall–Kier alpha value is 1.27. The number of nitrogens with zero attached hydrogens (tertiary/aromatic N) is 2. The van der Waals surface area contributed by atoms with E-state index in [1.165, 1.54) is 4.90 Å². The van der Waals surface area contributed by atoms with Crippen LogP contribution < -0.4 is 51.4 Å². The molecule has 23 heavy (non-hydrogen) atoms. The van der Waals surface area contributed by atoms with Crippen molar-refractivity contribution < 1.29 is 73.1 Å². The summed E-state index contributed by atoms with van der Waals surface area (Å²) in [6, 6.07) is 0. The molecule has 2 rings (SSSR count). The first-order chi connectivity index (χ1) is 10.00. The Balaban J connectivity index is 0.00000264. The number of hydrogen-bond donors (Lipinski definition) is 0. The topological polar surface area (TPSA) is 6.48 Å². The van der Waals surface area contributed by atoms with E-state index in [1.807, 2.05) is 13.8 Å². The number of rotatable bonds is 4. The first-order valence-electron chi connectivity index (χ1n) is 8.06. The molecule has 2 aliphatic rings. The summed E-state index contributed by atoms with van der Waals surface area (Å²) in [4.78, 5) is 3.63. The van der Waals surface area contributed by atoms with Crippen LogP contribution in [0.1, 0.15) is 39.5 Å². The van der Waals surface area contributed by atoms with Crippen LogP contribution in [0.5, 0.6) is 0 Å². The first kappa shape index (κ1) is 22.3. The molecule has 0 aromatic rings. The van der Waals surface area contributed by atoms with Gasteiger partial charge in [-0.2, -0.15) is 0 Å². The van der Waals surface area contributed by atoms with E-state index in [2.05, 4.69) is 4.90 Å². The van der Waals surface area contributed by atoms with Gasteiger partial charge in [-0.25, -0.2) is 8.78 Å². The van der Waals surface area contributed by atoms with E-state index in [9.17, 15) is 21.7 Å². The van der Waals surface area contributed by atoms with Crippen molar-refractivity contribution in [2.45, 2.75) is 51.0 Å². The third kappa shape index (κ3) is 6.49. The van der Waals surface area contributed by atoms with Crippen LogP contribution in [0.2, 0.25) is 0 Å². The molecule has 1 saturated heterocycles. The molecule has 0 N–H and O–H groups in total. The van der Waals surface area contributed by atoms with Crippen molar-refractivity contribution in [3.05, 3.63) is 0 Å². The van der Waals surface area contributed by atoms with E-state index in [0.717, 1.165) is 0 Å². The summed E-state index contributed by atoms with van der Waals surface area (Å²) < 4.78 is 64.0. The van der Waals surface area contributed by atoms with Crippen LogP contribution in [0, 0.1) is 5.92 Å². The summed E-state index contributed by atoms with van der Waals surface area (Å²) in [5.74, 6) is -2.36. The zero-order valence-corrected chi connectivity index (χ0v) is 17.4. The Morgan fingerprint density at radius 2 is 1.48 bits per heavy atom. The van der Waals surface area contributed by atoms with Gasteiger partial charge >= 0.3 is 58.4 Å². The zero-order valence-electron chi connectivity index (χ0n) is 14.3. The fourth-order valence-electron chi connectivity index (χ4n) is 3.80. The van der Waals surface area contributed by atoms with Gasteiger partial charge in [-0.05, 0) is 39.1 Å². The van der Waals surface area contributed by atoms with E-state index in [1.54, 1.807) is 0 Å². The number of alkyl halides is 2. The maximum atomic E-state index is 13.3. The molecule has 9 heteroatoms. The standard InChI is InChI=1S/C14H25BF5N2.K/c1-13(2,12-3-5-14(16,17)6-4-12)22-9-7-21(8-10-22)11-15(18,19)20;/h12H,3-11H2,1-2H3;/q-1;+1. The van der Waals surface area contributed by atoms with E-state index in [-0.39, 0.29) is 75.7 Å². The predicted molar refractivity (Wildman–Crippen MR) is 78.1 cm³/mol. The molecule has 0 radical (unpaired) electrons. The molecule has 1 aliphatic carbocycles. The fourth-order valence-corrected chi connectivity index (χ4v) is 3.80.